The Kier molecular flexibility index (Phi) is 6.68. The summed E-state index contributed by atoms with van der Waals surface area (Å²) in [6, 6.07) is 0. The number of hydrogen-bond donors (Lipinski definition) is 1. The number of fused-ring (bicyclic) bond motifs is 7. The molecule has 6 rings (SSSR count). The zero-order valence-corrected chi connectivity index (χ0v) is 22.9. The maximum atomic E-state index is 11.8. The van der Waals surface area contributed by atoms with Crippen LogP contribution in [0.3, 0.4) is 0 Å². The predicted molar refractivity (Wildman–Crippen MR) is 138 cm³/mol. The molecule has 0 bridgehead atoms. The van der Waals surface area contributed by atoms with Crippen LogP contribution in [0, 0.1) is 46.3 Å². The molecule has 2 N–H and O–H groups in total. The quantitative estimate of drug-likeness (QED) is 0.386. The van der Waals surface area contributed by atoms with Crippen LogP contribution in [0.2, 0.25) is 0 Å². The van der Waals surface area contributed by atoms with Gasteiger partial charge in [-0.3, -0.25) is 4.79 Å². The molecule has 2 saturated heterocycles. The van der Waals surface area contributed by atoms with Crippen molar-refractivity contribution in [1.82, 2.24) is 0 Å². The molecule has 0 aromatic carbocycles. The topological polar surface area (TPSA) is 70.8 Å². The number of hydrogen-bond acceptors (Lipinski definition) is 5. The highest BCUT2D eigenvalue weighted by Crippen LogP contribution is 2.70. The molecule has 0 amide bonds. The van der Waals surface area contributed by atoms with Crippen molar-refractivity contribution in [2.75, 3.05) is 13.2 Å². The fourth-order valence-corrected chi connectivity index (χ4v) is 9.98. The van der Waals surface area contributed by atoms with Gasteiger partial charge in [0.05, 0.1) is 19.3 Å². The molecule has 1 spiro atoms. The molecule has 4 aliphatic carbocycles. The van der Waals surface area contributed by atoms with Gasteiger partial charge in [-0.1, -0.05) is 39.3 Å². The van der Waals surface area contributed by atoms with Crippen LogP contribution in [0.1, 0.15) is 85.5 Å². The molecular formula is C29H46ClNO4. The van der Waals surface area contributed by atoms with Gasteiger partial charge < -0.3 is 19.9 Å². The lowest BCUT2D eigenvalue weighted by Crippen LogP contribution is -2.52. The van der Waals surface area contributed by atoms with Gasteiger partial charge in [0.15, 0.2) is 5.79 Å². The smallest absolute Gasteiger partial charge is 0.319 e. The third-order valence-electron chi connectivity index (χ3n) is 11.8. The van der Waals surface area contributed by atoms with E-state index in [9.17, 15) is 4.79 Å². The van der Waals surface area contributed by atoms with Gasteiger partial charge in [0.25, 0.3) is 0 Å². The molecule has 2 heterocycles. The molecule has 0 aromatic heterocycles. The standard InChI is InChI=1S/C29H45NO4.ClH/c1-17-7-12-29(32-16-17)18(2)26-24(34-29)14-23-21-6-5-19-13-20(33-25(31)15-30)8-10-27(19,3)22(21)9-11-28(23,26)4;/h5,17-18,20-24,26H,6-16,30H2,1-4H3;1H/t17-,18+,20+,21-,22+,23+,24+,26+,27+,28+,29-;/m1./s1. The second-order valence-electron chi connectivity index (χ2n) is 13.3. The molecule has 0 unspecified atom stereocenters. The molecule has 2 aliphatic heterocycles. The maximum Gasteiger partial charge on any atom is 0.319 e. The van der Waals surface area contributed by atoms with Crippen molar-refractivity contribution in [1.29, 1.82) is 0 Å². The lowest BCUT2D eigenvalue weighted by atomic mass is 9.47. The van der Waals surface area contributed by atoms with E-state index in [0.717, 1.165) is 50.0 Å². The maximum absolute atomic E-state index is 11.8. The number of esters is 1. The van der Waals surface area contributed by atoms with Gasteiger partial charge in [0.2, 0.25) is 0 Å². The third kappa shape index (κ3) is 3.77. The molecular weight excluding hydrogens is 462 g/mol. The van der Waals surface area contributed by atoms with Gasteiger partial charge in [-0.2, -0.15) is 0 Å². The zero-order valence-electron chi connectivity index (χ0n) is 22.1. The summed E-state index contributed by atoms with van der Waals surface area (Å²) in [6.45, 7) is 10.7. The Balaban J connectivity index is 0.00000253. The van der Waals surface area contributed by atoms with Crippen LogP contribution >= 0.6 is 12.4 Å². The lowest BCUT2D eigenvalue weighted by Gasteiger charge is -2.58. The summed E-state index contributed by atoms with van der Waals surface area (Å²) in [5.41, 5.74) is 7.65. The van der Waals surface area contributed by atoms with Crippen LogP contribution in [-0.4, -0.2) is 37.1 Å². The highest BCUT2D eigenvalue weighted by Gasteiger charge is 2.68. The number of allylic oxidation sites excluding steroid dienone is 1. The molecule has 11 atom stereocenters. The fraction of sp³-hybridized carbons (Fsp3) is 0.897. The first kappa shape index (κ1) is 26.0. The summed E-state index contributed by atoms with van der Waals surface area (Å²) in [4.78, 5) is 11.8. The number of carbonyl (C=O) groups is 1. The second-order valence-corrected chi connectivity index (χ2v) is 13.3. The van der Waals surface area contributed by atoms with Crippen molar-refractivity contribution >= 4 is 18.4 Å². The summed E-state index contributed by atoms with van der Waals surface area (Å²) in [7, 11) is 0. The van der Waals surface area contributed by atoms with Gasteiger partial charge in [-0.25, -0.2) is 0 Å². The first-order valence-corrected chi connectivity index (χ1v) is 14.1. The minimum absolute atomic E-state index is 0. The number of carbonyl (C=O) groups excluding carboxylic acids is 1. The zero-order chi connectivity index (χ0) is 23.9. The fourth-order valence-electron chi connectivity index (χ4n) is 9.98. The van der Waals surface area contributed by atoms with Gasteiger partial charge in [-0.05, 0) is 85.4 Å². The van der Waals surface area contributed by atoms with E-state index >= 15 is 0 Å². The Morgan fingerprint density at radius 3 is 2.66 bits per heavy atom. The predicted octanol–water partition coefficient (Wildman–Crippen LogP) is 5.65. The molecule has 3 saturated carbocycles. The highest BCUT2D eigenvalue weighted by molar-refractivity contribution is 5.85. The van der Waals surface area contributed by atoms with Crippen LogP contribution in [0.4, 0.5) is 0 Å². The van der Waals surface area contributed by atoms with Gasteiger partial charge in [0, 0.05) is 18.8 Å². The normalized spacial score (nSPS) is 52.4. The van der Waals surface area contributed by atoms with E-state index < -0.39 is 0 Å². The van der Waals surface area contributed by atoms with Crippen LogP contribution in [0.15, 0.2) is 11.6 Å². The minimum Gasteiger partial charge on any atom is -0.461 e. The molecule has 35 heavy (non-hydrogen) atoms. The van der Waals surface area contributed by atoms with Crippen molar-refractivity contribution in [2.45, 2.75) is 103 Å². The SMILES string of the molecule is C[C@@H]1CC[C@@]2(OC1)O[C@H]1C[C@H]3[C@@H]4CC=C5C[C@@H](OC(=O)CN)CC[C@]5(C)[C@H]4CC[C@]3(C)[C@H]1[C@@H]2C.Cl. The number of nitrogens with two attached hydrogens (primary N) is 1. The Labute approximate surface area is 217 Å². The Morgan fingerprint density at radius 2 is 1.94 bits per heavy atom. The molecule has 5 nitrogen and oxygen atoms in total. The van der Waals surface area contributed by atoms with Crippen molar-refractivity contribution in [3.05, 3.63) is 11.6 Å². The Bertz CT molecular complexity index is 869. The second kappa shape index (κ2) is 8.99. The summed E-state index contributed by atoms with van der Waals surface area (Å²) in [5.74, 6) is 3.40. The van der Waals surface area contributed by atoms with E-state index in [2.05, 4.69) is 33.8 Å². The van der Waals surface area contributed by atoms with E-state index in [1.54, 1.807) is 5.57 Å². The first-order valence-electron chi connectivity index (χ1n) is 14.1. The number of halogens is 1. The Hall–Kier alpha value is -0.620. The van der Waals surface area contributed by atoms with E-state index in [-0.39, 0.29) is 42.2 Å². The third-order valence-corrected chi connectivity index (χ3v) is 11.8. The Morgan fingerprint density at radius 1 is 1.14 bits per heavy atom. The van der Waals surface area contributed by atoms with E-state index in [4.69, 9.17) is 19.9 Å². The van der Waals surface area contributed by atoms with Crippen LogP contribution in [-0.2, 0) is 19.0 Å². The van der Waals surface area contributed by atoms with Gasteiger partial charge >= 0.3 is 5.97 Å². The van der Waals surface area contributed by atoms with E-state index in [0.29, 0.717) is 29.3 Å². The highest BCUT2D eigenvalue weighted by atomic mass is 35.5. The largest absolute Gasteiger partial charge is 0.461 e. The van der Waals surface area contributed by atoms with Crippen molar-refractivity contribution in [2.24, 2.45) is 52.1 Å². The van der Waals surface area contributed by atoms with Crippen LogP contribution in [0.5, 0.6) is 0 Å². The van der Waals surface area contributed by atoms with E-state index in [1.807, 2.05) is 0 Å². The molecule has 0 radical (unpaired) electrons. The average molecular weight is 508 g/mol. The molecule has 198 valence electrons. The monoisotopic (exact) mass is 507 g/mol. The number of ether oxygens (including phenoxy) is 3. The van der Waals surface area contributed by atoms with E-state index in [1.165, 1.54) is 32.1 Å². The average Bonchev–Trinajstić information content (AvgIpc) is 3.26. The summed E-state index contributed by atoms with van der Waals surface area (Å²) < 4.78 is 19.0. The summed E-state index contributed by atoms with van der Waals surface area (Å²) in [5, 5.41) is 0. The molecule has 6 aliphatic rings. The van der Waals surface area contributed by atoms with Crippen molar-refractivity contribution < 1.29 is 19.0 Å². The van der Waals surface area contributed by atoms with Crippen LogP contribution in [0.25, 0.3) is 0 Å². The molecule has 0 aromatic rings. The van der Waals surface area contributed by atoms with Crippen LogP contribution < -0.4 is 5.73 Å². The minimum atomic E-state index is -0.322. The summed E-state index contributed by atoms with van der Waals surface area (Å²) >= 11 is 0. The van der Waals surface area contributed by atoms with Crippen molar-refractivity contribution in [3.8, 4) is 0 Å². The van der Waals surface area contributed by atoms with Gasteiger partial charge in [-0.15, -0.1) is 12.4 Å². The van der Waals surface area contributed by atoms with Crippen molar-refractivity contribution in [3.63, 3.8) is 0 Å². The summed E-state index contributed by atoms with van der Waals surface area (Å²) in [6.07, 6.45) is 13.2. The molecule has 5 fully saturated rings. The molecule has 6 heteroatoms. The lowest BCUT2D eigenvalue weighted by molar-refractivity contribution is -0.272. The first-order chi connectivity index (χ1) is 16.2. The number of rotatable bonds is 2. The van der Waals surface area contributed by atoms with Gasteiger partial charge in [0.1, 0.15) is 6.10 Å².